The van der Waals surface area contributed by atoms with Gasteiger partial charge in [0.25, 0.3) is 0 Å². The largest absolute Gasteiger partial charge is 0.504 e. The summed E-state index contributed by atoms with van der Waals surface area (Å²) < 4.78 is 9.27. The molecule has 0 saturated heterocycles. The molecular weight excluding hydrogens is 198 g/mol. The van der Waals surface area contributed by atoms with Crippen LogP contribution in [0.15, 0.2) is 12.1 Å². The van der Waals surface area contributed by atoms with E-state index in [1.54, 1.807) is 0 Å². The van der Waals surface area contributed by atoms with Crippen molar-refractivity contribution in [2.75, 3.05) is 14.2 Å². The number of rotatable bonds is 2. The van der Waals surface area contributed by atoms with Gasteiger partial charge in [0.2, 0.25) is 0 Å². The van der Waals surface area contributed by atoms with Gasteiger partial charge in [-0.05, 0) is 6.07 Å². The smallest absolute Gasteiger partial charge is 0.339 e. The average molecular weight is 207 g/mol. The number of methoxy groups -OCH3 is 2. The van der Waals surface area contributed by atoms with E-state index >= 15 is 0 Å². The number of benzene rings is 1. The number of phenols is 1. The van der Waals surface area contributed by atoms with Crippen LogP contribution >= 0.6 is 0 Å². The van der Waals surface area contributed by atoms with Crippen molar-refractivity contribution in [1.82, 2.24) is 0 Å². The summed E-state index contributed by atoms with van der Waals surface area (Å²) in [7, 11) is 2.55. The molecule has 1 aromatic rings. The summed E-state index contributed by atoms with van der Waals surface area (Å²) >= 11 is 0. The van der Waals surface area contributed by atoms with Crippen molar-refractivity contribution < 1.29 is 19.4 Å². The third kappa shape index (κ3) is 1.99. The molecular formula is C10H9NO4. The first-order chi connectivity index (χ1) is 7.13. The molecule has 0 aliphatic rings. The predicted octanol–water partition coefficient (Wildman–Crippen LogP) is 1.06. The first kappa shape index (κ1) is 10.9. The van der Waals surface area contributed by atoms with Crippen molar-refractivity contribution in [3.05, 3.63) is 23.3 Å². The zero-order valence-electron chi connectivity index (χ0n) is 8.27. The van der Waals surface area contributed by atoms with E-state index < -0.39 is 5.97 Å². The maximum absolute atomic E-state index is 11.2. The highest BCUT2D eigenvalue weighted by Crippen LogP contribution is 2.29. The van der Waals surface area contributed by atoms with Gasteiger partial charge in [-0.15, -0.1) is 0 Å². The second-order valence-corrected chi connectivity index (χ2v) is 2.67. The molecule has 0 bridgehead atoms. The first-order valence-corrected chi connectivity index (χ1v) is 4.03. The summed E-state index contributed by atoms with van der Waals surface area (Å²) in [6.45, 7) is 0. The van der Waals surface area contributed by atoms with Gasteiger partial charge in [-0.3, -0.25) is 0 Å². The Labute approximate surface area is 86.5 Å². The number of ether oxygens (including phenoxy) is 2. The molecule has 1 N–H and O–H groups in total. The van der Waals surface area contributed by atoms with Gasteiger partial charge in [0.05, 0.1) is 25.3 Å². The fraction of sp³-hybridized carbons (Fsp3) is 0.200. The highest BCUT2D eigenvalue weighted by Gasteiger charge is 2.15. The lowest BCUT2D eigenvalue weighted by Crippen LogP contribution is -2.04. The van der Waals surface area contributed by atoms with E-state index in [1.165, 1.54) is 20.3 Å². The van der Waals surface area contributed by atoms with Crippen molar-refractivity contribution in [3.8, 4) is 17.6 Å². The fourth-order valence-electron chi connectivity index (χ4n) is 1.10. The average Bonchev–Trinajstić information content (AvgIpc) is 2.27. The molecule has 0 heterocycles. The molecule has 0 aromatic heterocycles. The van der Waals surface area contributed by atoms with E-state index in [-0.39, 0.29) is 22.6 Å². The van der Waals surface area contributed by atoms with Crippen LogP contribution in [0.1, 0.15) is 15.9 Å². The Hall–Kier alpha value is -2.22. The number of hydrogen-bond acceptors (Lipinski definition) is 5. The van der Waals surface area contributed by atoms with E-state index in [1.807, 2.05) is 6.07 Å². The molecule has 5 nitrogen and oxygen atoms in total. The second-order valence-electron chi connectivity index (χ2n) is 2.67. The third-order valence-electron chi connectivity index (χ3n) is 1.84. The number of aromatic hydroxyl groups is 1. The molecule has 0 saturated carbocycles. The van der Waals surface area contributed by atoms with Crippen LogP contribution < -0.4 is 4.74 Å². The fourth-order valence-corrected chi connectivity index (χ4v) is 1.10. The normalized spacial score (nSPS) is 9.13. The molecule has 5 heteroatoms. The lowest BCUT2D eigenvalue weighted by Gasteiger charge is -2.06. The number of carbonyl (C=O) groups excluding carboxylic acids is 1. The van der Waals surface area contributed by atoms with Crippen LogP contribution in [0.3, 0.4) is 0 Å². The Bertz CT molecular complexity index is 434. The lowest BCUT2D eigenvalue weighted by molar-refractivity contribution is 0.0600. The molecule has 0 spiro atoms. The summed E-state index contributed by atoms with van der Waals surface area (Å²) in [6.07, 6.45) is 0. The van der Waals surface area contributed by atoms with E-state index in [2.05, 4.69) is 4.74 Å². The molecule has 0 atom stereocenters. The van der Waals surface area contributed by atoms with Crippen LogP contribution in [0.5, 0.6) is 11.5 Å². The first-order valence-electron chi connectivity index (χ1n) is 4.03. The highest BCUT2D eigenvalue weighted by molar-refractivity contribution is 5.93. The van der Waals surface area contributed by atoms with Crippen LogP contribution in [0.2, 0.25) is 0 Å². The minimum atomic E-state index is -0.676. The molecule has 0 amide bonds. The Morgan fingerprint density at radius 3 is 2.60 bits per heavy atom. The summed E-state index contributed by atoms with van der Waals surface area (Å²) in [4.78, 5) is 11.2. The van der Waals surface area contributed by atoms with Crippen molar-refractivity contribution >= 4 is 5.97 Å². The van der Waals surface area contributed by atoms with Crippen LogP contribution in [0.25, 0.3) is 0 Å². The number of phenolic OH excluding ortho intramolecular Hbond substituents is 1. The van der Waals surface area contributed by atoms with Crippen molar-refractivity contribution in [2.45, 2.75) is 0 Å². The number of nitrogens with zero attached hydrogens (tertiary/aromatic N) is 1. The lowest BCUT2D eigenvalue weighted by atomic mass is 10.1. The third-order valence-corrected chi connectivity index (χ3v) is 1.84. The SMILES string of the molecule is COC(=O)c1cc(O)c(OC)cc1C#N. The molecule has 0 aliphatic carbocycles. The molecule has 0 unspecified atom stereocenters. The highest BCUT2D eigenvalue weighted by atomic mass is 16.5. The van der Waals surface area contributed by atoms with E-state index in [9.17, 15) is 9.90 Å². The molecule has 1 rings (SSSR count). The van der Waals surface area contributed by atoms with E-state index in [0.29, 0.717) is 0 Å². The van der Waals surface area contributed by atoms with Gasteiger partial charge in [-0.25, -0.2) is 4.79 Å². The number of carbonyl (C=O) groups is 1. The van der Waals surface area contributed by atoms with Crippen LogP contribution in [0.4, 0.5) is 0 Å². The van der Waals surface area contributed by atoms with Crippen molar-refractivity contribution in [3.63, 3.8) is 0 Å². The maximum Gasteiger partial charge on any atom is 0.339 e. The van der Waals surface area contributed by atoms with Crippen LogP contribution in [0, 0.1) is 11.3 Å². The van der Waals surface area contributed by atoms with Crippen molar-refractivity contribution in [1.29, 1.82) is 5.26 Å². The minimum absolute atomic E-state index is 0.0123. The Kier molecular flexibility index (Phi) is 3.13. The Balaban J connectivity index is 3.35. The predicted molar refractivity (Wildman–Crippen MR) is 50.7 cm³/mol. The quantitative estimate of drug-likeness (QED) is 0.733. The van der Waals surface area contributed by atoms with E-state index in [4.69, 9.17) is 10.00 Å². The molecule has 1 aromatic carbocycles. The monoisotopic (exact) mass is 207 g/mol. The van der Waals surface area contributed by atoms with Crippen LogP contribution in [-0.2, 0) is 4.74 Å². The van der Waals surface area contributed by atoms with Crippen molar-refractivity contribution in [2.24, 2.45) is 0 Å². The number of esters is 1. The summed E-state index contributed by atoms with van der Waals surface area (Å²) in [5.74, 6) is -0.749. The molecule has 78 valence electrons. The molecule has 0 aliphatic heterocycles. The van der Waals surface area contributed by atoms with Gasteiger partial charge < -0.3 is 14.6 Å². The molecule has 0 fully saturated rings. The summed E-state index contributed by atoms with van der Waals surface area (Å²) in [5.41, 5.74) is 0.106. The van der Waals surface area contributed by atoms with Crippen LogP contribution in [-0.4, -0.2) is 25.3 Å². The van der Waals surface area contributed by atoms with Gasteiger partial charge >= 0.3 is 5.97 Å². The topological polar surface area (TPSA) is 79.6 Å². The maximum atomic E-state index is 11.2. The van der Waals surface area contributed by atoms with E-state index in [0.717, 1.165) is 6.07 Å². The minimum Gasteiger partial charge on any atom is -0.504 e. The standard InChI is InChI=1S/C10H9NO4/c1-14-9-3-6(5-11)7(4-8(9)12)10(13)15-2/h3-4,12H,1-2H3. The van der Waals surface area contributed by atoms with Gasteiger partial charge in [0.1, 0.15) is 6.07 Å². The van der Waals surface area contributed by atoms with Gasteiger partial charge in [-0.1, -0.05) is 0 Å². The zero-order chi connectivity index (χ0) is 11.4. The number of hydrogen-bond donors (Lipinski definition) is 1. The van der Waals surface area contributed by atoms with Gasteiger partial charge in [0, 0.05) is 6.07 Å². The summed E-state index contributed by atoms with van der Waals surface area (Å²) in [6, 6.07) is 4.24. The Morgan fingerprint density at radius 2 is 2.13 bits per heavy atom. The second kappa shape index (κ2) is 4.33. The molecule has 15 heavy (non-hydrogen) atoms. The van der Waals surface area contributed by atoms with Gasteiger partial charge in [-0.2, -0.15) is 5.26 Å². The van der Waals surface area contributed by atoms with Gasteiger partial charge in [0.15, 0.2) is 11.5 Å². The molecule has 0 radical (unpaired) electrons. The number of nitriles is 1. The summed E-state index contributed by atoms with van der Waals surface area (Å²) in [5, 5.41) is 18.2. The zero-order valence-corrected chi connectivity index (χ0v) is 8.27. The Morgan fingerprint density at radius 1 is 1.47 bits per heavy atom.